The van der Waals surface area contributed by atoms with E-state index in [0.29, 0.717) is 5.75 Å². The molecule has 5 heteroatoms. The van der Waals surface area contributed by atoms with E-state index in [9.17, 15) is 5.11 Å². The number of nitrogens with one attached hydrogen (secondary N) is 1. The van der Waals surface area contributed by atoms with Crippen molar-refractivity contribution >= 4 is 21.6 Å². The maximum Gasteiger partial charge on any atom is 0.186 e. The number of ether oxygens (including phenoxy) is 1. The molecule has 1 aliphatic rings. The van der Waals surface area contributed by atoms with Gasteiger partial charge in [-0.2, -0.15) is 0 Å². The van der Waals surface area contributed by atoms with Gasteiger partial charge in [0.2, 0.25) is 0 Å². The molecule has 0 bridgehead atoms. The smallest absolute Gasteiger partial charge is 0.186 e. The minimum absolute atomic E-state index is 0.0110. The number of benzene rings is 3. The van der Waals surface area contributed by atoms with Crippen LogP contribution < -0.4 is 15.4 Å². The highest BCUT2D eigenvalue weighted by molar-refractivity contribution is 9.10. The number of phenolic OH excluding ortho intramolecular Hbond substituents is 1. The third-order valence-corrected chi connectivity index (χ3v) is 5.87. The second-order valence-electron chi connectivity index (χ2n) is 7.24. The van der Waals surface area contributed by atoms with Crippen LogP contribution in [0.5, 0.6) is 11.5 Å². The van der Waals surface area contributed by atoms with E-state index in [2.05, 4.69) is 76.0 Å². The van der Waals surface area contributed by atoms with Gasteiger partial charge in [0.1, 0.15) is 17.5 Å². The topological polar surface area (TPSA) is 58.1 Å². The molecular formula is C24H24BrN2O2+. The van der Waals surface area contributed by atoms with E-state index in [1.165, 1.54) is 5.56 Å². The van der Waals surface area contributed by atoms with Gasteiger partial charge in [-0.25, -0.2) is 0 Å². The number of aromatic hydroxyl groups is 1. The zero-order chi connectivity index (χ0) is 20.4. The number of halogens is 1. The van der Waals surface area contributed by atoms with Crippen molar-refractivity contribution in [1.82, 2.24) is 5.32 Å². The highest BCUT2D eigenvalue weighted by Crippen LogP contribution is 2.31. The Kier molecular flexibility index (Phi) is 5.60. The summed E-state index contributed by atoms with van der Waals surface area (Å²) in [6, 6.07) is 22.1. The molecule has 4 rings (SSSR count). The van der Waals surface area contributed by atoms with Crippen molar-refractivity contribution in [1.29, 1.82) is 0 Å². The second-order valence-corrected chi connectivity index (χ2v) is 8.09. The quantitative estimate of drug-likeness (QED) is 0.550. The molecule has 0 saturated carbocycles. The van der Waals surface area contributed by atoms with E-state index in [4.69, 9.17) is 4.74 Å². The van der Waals surface area contributed by atoms with Crippen molar-refractivity contribution in [3.8, 4) is 11.5 Å². The lowest BCUT2D eigenvalue weighted by Crippen LogP contribution is -2.89. The van der Waals surface area contributed by atoms with Gasteiger partial charge in [-0.1, -0.05) is 42.0 Å². The van der Waals surface area contributed by atoms with Crippen LogP contribution in [-0.2, 0) is 0 Å². The average Bonchev–Trinajstić information content (AvgIpc) is 2.74. The normalized spacial score (nSPS) is 18.7. The van der Waals surface area contributed by atoms with Crippen molar-refractivity contribution in [2.24, 2.45) is 0 Å². The molecule has 0 fully saturated rings. The zero-order valence-electron chi connectivity index (χ0n) is 16.4. The largest absolute Gasteiger partial charge is 0.507 e. The summed E-state index contributed by atoms with van der Waals surface area (Å²) in [5, 5.41) is 16.3. The molecule has 0 amide bonds. The van der Waals surface area contributed by atoms with Gasteiger partial charge in [-0.05, 0) is 58.7 Å². The molecule has 3 aromatic rings. The van der Waals surface area contributed by atoms with Crippen molar-refractivity contribution in [3.05, 3.63) is 99.5 Å². The Morgan fingerprint density at radius 3 is 2.48 bits per heavy atom. The van der Waals surface area contributed by atoms with Gasteiger partial charge in [0.25, 0.3) is 0 Å². The van der Waals surface area contributed by atoms with Crippen LogP contribution >= 0.6 is 15.9 Å². The molecular weight excluding hydrogens is 428 g/mol. The predicted octanol–water partition coefficient (Wildman–Crippen LogP) is 4.42. The van der Waals surface area contributed by atoms with Gasteiger partial charge in [0.15, 0.2) is 6.17 Å². The van der Waals surface area contributed by atoms with Crippen LogP contribution in [0.2, 0.25) is 0 Å². The molecule has 0 aromatic heterocycles. The van der Waals surface area contributed by atoms with Gasteiger partial charge in [0.05, 0.1) is 17.1 Å². The fourth-order valence-corrected chi connectivity index (χ4v) is 4.21. The minimum atomic E-state index is -0.0142. The molecule has 4 N–H and O–H groups in total. The van der Waals surface area contributed by atoms with Crippen LogP contribution in [0.3, 0.4) is 0 Å². The van der Waals surface area contributed by atoms with Crippen molar-refractivity contribution in [2.45, 2.75) is 19.1 Å². The molecule has 148 valence electrons. The molecule has 4 nitrogen and oxygen atoms in total. The van der Waals surface area contributed by atoms with Crippen LogP contribution in [0.4, 0.5) is 0 Å². The van der Waals surface area contributed by atoms with E-state index in [0.717, 1.165) is 32.6 Å². The Morgan fingerprint density at radius 1 is 1.03 bits per heavy atom. The van der Waals surface area contributed by atoms with E-state index in [1.807, 2.05) is 24.3 Å². The summed E-state index contributed by atoms with van der Waals surface area (Å²) in [7, 11) is 1.66. The van der Waals surface area contributed by atoms with Gasteiger partial charge in [-0.15, -0.1) is 0 Å². The second kappa shape index (κ2) is 8.31. The predicted molar refractivity (Wildman–Crippen MR) is 118 cm³/mol. The highest BCUT2D eigenvalue weighted by atomic mass is 79.9. The Bertz CT molecular complexity index is 1050. The van der Waals surface area contributed by atoms with E-state index in [-0.39, 0.29) is 12.2 Å². The standard InChI is InChI=1S/C24H23BrN2O2/c1-15-7-9-16(10-8-15)20-14-21(18-5-3-4-6-22(18)28)27-24(26-20)17-11-12-23(29-2)19(25)13-17/h3-14,21,24,26-28H,1-2H3/p+1. The van der Waals surface area contributed by atoms with Gasteiger partial charge in [0, 0.05) is 17.3 Å². The lowest BCUT2D eigenvalue weighted by Gasteiger charge is -2.30. The summed E-state index contributed by atoms with van der Waals surface area (Å²) in [5.41, 5.74) is 5.43. The average molecular weight is 452 g/mol. The number of rotatable bonds is 4. The van der Waals surface area contributed by atoms with Gasteiger partial charge >= 0.3 is 0 Å². The Hall–Kier alpha value is -2.76. The third kappa shape index (κ3) is 4.16. The number of hydrogen-bond donors (Lipinski definition) is 3. The number of phenols is 1. The van der Waals surface area contributed by atoms with Crippen LogP contribution in [0, 0.1) is 6.92 Å². The molecule has 29 heavy (non-hydrogen) atoms. The molecule has 1 aliphatic heterocycles. The number of methoxy groups -OCH3 is 1. The van der Waals surface area contributed by atoms with E-state index < -0.39 is 0 Å². The first-order chi connectivity index (χ1) is 14.0. The molecule has 2 atom stereocenters. The fourth-order valence-electron chi connectivity index (χ4n) is 3.65. The summed E-state index contributed by atoms with van der Waals surface area (Å²) in [6.45, 7) is 2.09. The lowest BCUT2D eigenvalue weighted by atomic mass is 9.97. The summed E-state index contributed by atoms with van der Waals surface area (Å²) in [5.74, 6) is 1.11. The van der Waals surface area contributed by atoms with E-state index >= 15 is 0 Å². The Balaban J connectivity index is 1.75. The monoisotopic (exact) mass is 451 g/mol. The van der Waals surface area contributed by atoms with Crippen LogP contribution in [-0.4, -0.2) is 12.2 Å². The maximum atomic E-state index is 10.4. The number of nitrogens with two attached hydrogens (primary N) is 1. The number of quaternary nitrogens is 1. The molecule has 0 spiro atoms. The molecule has 2 unspecified atom stereocenters. The van der Waals surface area contributed by atoms with Gasteiger partial charge < -0.3 is 20.5 Å². The summed E-state index contributed by atoms with van der Waals surface area (Å²) < 4.78 is 6.29. The van der Waals surface area contributed by atoms with Crippen LogP contribution in [0.1, 0.15) is 34.5 Å². The highest BCUT2D eigenvalue weighted by Gasteiger charge is 2.29. The number of aryl methyl sites for hydroxylation is 1. The van der Waals surface area contributed by atoms with Crippen molar-refractivity contribution < 1.29 is 15.2 Å². The SMILES string of the molecule is COc1ccc(C2NC(c3ccc(C)cc3)=CC(c3ccccc3O)[NH2+]2)cc1Br. The maximum absolute atomic E-state index is 10.4. The Labute approximate surface area is 179 Å². The molecule has 3 aromatic carbocycles. The molecule has 0 saturated heterocycles. The summed E-state index contributed by atoms with van der Waals surface area (Å²) >= 11 is 3.59. The summed E-state index contributed by atoms with van der Waals surface area (Å²) in [4.78, 5) is 0. The van der Waals surface area contributed by atoms with Crippen molar-refractivity contribution in [3.63, 3.8) is 0 Å². The number of para-hydroxylation sites is 1. The zero-order valence-corrected chi connectivity index (χ0v) is 18.0. The fraction of sp³-hybridized carbons (Fsp3) is 0.167. The van der Waals surface area contributed by atoms with Crippen LogP contribution in [0.25, 0.3) is 5.70 Å². The van der Waals surface area contributed by atoms with Crippen molar-refractivity contribution in [2.75, 3.05) is 7.11 Å². The number of hydrogen-bond acceptors (Lipinski definition) is 3. The molecule has 0 aliphatic carbocycles. The lowest BCUT2D eigenvalue weighted by molar-refractivity contribution is -0.731. The molecule has 1 heterocycles. The molecule has 0 radical (unpaired) electrons. The first-order valence-electron chi connectivity index (χ1n) is 9.57. The third-order valence-electron chi connectivity index (χ3n) is 5.25. The van der Waals surface area contributed by atoms with E-state index in [1.54, 1.807) is 13.2 Å². The minimum Gasteiger partial charge on any atom is -0.507 e. The van der Waals surface area contributed by atoms with Crippen LogP contribution in [0.15, 0.2) is 77.3 Å². The van der Waals surface area contributed by atoms with Gasteiger partial charge in [-0.3, -0.25) is 0 Å². The first-order valence-corrected chi connectivity index (χ1v) is 10.4. The summed E-state index contributed by atoms with van der Waals surface area (Å²) in [6.07, 6.45) is 2.16. The first kappa shape index (κ1) is 19.6. The Morgan fingerprint density at radius 2 is 1.79 bits per heavy atom.